The van der Waals surface area contributed by atoms with E-state index < -0.39 is 0 Å². The number of nitrogens with zero attached hydrogens (tertiary/aromatic N) is 1. The van der Waals surface area contributed by atoms with Gasteiger partial charge in [-0.15, -0.1) is 0 Å². The maximum atomic E-state index is 5.70. The fourth-order valence-corrected chi connectivity index (χ4v) is 1.14. The van der Waals surface area contributed by atoms with Crippen molar-refractivity contribution in [2.24, 2.45) is 5.73 Å². The van der Waals surface area contributed by atoms with Gasteiger partial charge in [0.1, 0.15) is 0 Å². The maximum absolute atomic E-state index is 5.70. The van der Waals surface area contributed by atoms with Gasteiger partial charge in [-0.05, 0) is 26.0 Å². The smallest absolute Gasteiger partial charge is 0.0464 e. The Labute approximate surface area is 80.4 Å². The first kappa shape index (κ1) is 10.1. The highest BCUT2D eigenvalue weighted by Gasteiger charge is 2.21. The van der Waals surface area contributed by atoms with E-state index in [1.54, 1.807) is 0 Å². The van der Waals surface area contributed by atoms with Crippen molar-refractivity contribution in [1.29, 1.82) is 0 Å². The molecule has 72 valence electrons. The van der Waals surface area contributed by atoms with Crippen molar-refractivity contribution in [2.45, 2.75) is 19.4 Å². The van der Waals surface area contributed by atoms with Crippen LogP contribution in [0, 0.1) is 0 Å². The number of para-hydroxylation sites is 1. The molecule has 0 bridgehead atoms. The van der Waals surface area contributed by atoms with Gasteiger partial charge in [-0.25, -0.2) is 0 Å². The Hall–Kier alpha value is -1.02. The Balaban J connectivity index is 2.85. The molecule has 2 heteroatoms. The zero-order chi connectivity index (χ0) is 9.90. The van der Waals surface area contributed by atoms with Crippen LogP contribution in [-0.4, -0.2) is 19.1 Å². The van der Waals surface area contributed by atoms with Crippen molar-refractivity contribution < 1.29 is 0 Å². The SMILES string of the molecule is CN(c1ccccc1)C(C)(C)CN. The van der Waals surface area contributed by atoms with Gasteiger partial charge in [0, 0.05) is 24.8 Å². The van der Waals surface area contributed by atoms with Crippen molar-refractivity contribution >= 4 is 5.69 Å². The van der Waals surface area contributed by atoms with Gasteiger partial charge < -0.3 is 10.6 Å². The number of hydrogen-bond donors (Lipinski definition) is 1. The molecule has 0 atom stereocenters. The molecular formula is C11H18N2. The zero-order valence-electron chi connectivity index (χ0n) is 8.62. The van der Waals surface area contributed by atoms with Gasteiger partial charge in [0.05, 0.1) is 0 Å². The number of benzene rings is 1. The molecule has 0 saturated heterocycles. The molecule has 0 fully saturated rings. The summed E-state index contributed by atoms with van der Waals surface area (Å²) in [5.41, 5.74) is 6.92. The number of nitrogens with two attached hydrogens (primary N) is 1. The third kappa shape index (κ3) is 2.22. The molecule has 0 radical (unpaired) electrons. The van der Waals surface area contributed by atoms with Gasteiger partial charge in [-0.2, -0.15) is 0 Å². The van der Waals surface area contributed by atoms with Crippen molar-refractivity contribution in [3.8, 4) is 0 Å². The minimum atomic E-state index is 0.0152. The first-order chi connectivity index (χ1) is 6.08. The lowest BCUT2D eigenvalue weighted by atomic mass is 10.0. The first-order valence-electron chi connectivity index (χ1n) is 4.57. The van der Waals surface area contributed by atoms with E-state index in [9.17, 15) is 0 Å². The molecule has 0 aromatic heterocycles. The van der Waals surface area contributed by atoms with Crippen molar-refractivity contribution in [3.05, 3.63) is 30.3 Å². The van der Waals surface area contributed by atoms with E-state index in [1.165, 1.54) is 5.69 Å². The topological polar surface area (TPSA) is 29.3 Å². The summed E-state index contributed by atoms with van der Waals surface area (Å²) in [6, 6.07) is 10.3. The molecule has 0 heterocycles. The summed E-state index contributed by atoms with van der Waals surface area (Å²) < 4.78 is 0. The molecule has 13 heavy (non-hydrogen) atoms. The van der Waals surface area contributed by atoms with Crippen LogP contribution in [0.5, 0.6) is 0 Å². The third-order valence-corrected chi connectivity index (χ3v) is 2.55. The Morgan fingerprint density at radius 1 is 1.23 bits per heavy atom. The number of anilines is 1. The average Bonchev–Trinajstić information content (AvgIpc) is 2.18. The van der Waals surface area contributed by atoms with Gasteiger partial charge in [-0.3, -0.25) is 0 Å². The summed E-state index contributed by atoms with van der Waals surface area (Å²) in [6.07, 6.45) is 0. The Bertz CT molecular complexity index is 254. The minimum Gasteiger partial charge on any atom is -0.368 e. The average molecular weight is 178 g/mol. The first-order valence-corrected chi connectivity index (χ1v) is 4.57. The van der Waals surface area contributed by atoms with E-state index in [0.717, 1.165) is 0 Å². The van der Waals surface area contributed by atoms with Gasteiger partial charge >= 0.3 is 0 Å². The van der Waals surface area contributed by atoms with Crippen molar-refractivity contribution in [2.75, 3.05) is 18.5 Å². The highest BCUT2D eigenvalue weighted by molar-refractivity contribution is 5.47. The molecule has 1 aromatic carbocycles. The van der Waals surface area contributed by atoms with Gasteiger partial charge in [0.15, 0.2) is 0 Å². The Morgan fingerprint density at radius 3 is 2.23 bits per heavy atom. The predicted molar refractivity (Wildman–Crippen MR) is 58.0 cm³/mol. The number of hydrogen-bond acceptors (Lipinski definition) is 2. The second kappa shape index (κ2) is 3.79. The summed E-state index contributed by atoms with van der Waals surface area (Å²) in [6.45, 7) is 4.93. The molecule has 0 aliphatic rings. The van der Waals surface area contributed by atoms with Crippen LogP contribution in [0.3, 0.4) is 0 Å². The summed E-state index contributed by atoms with van der Waals surface area (Å²) in [4.78, 5) is 2.20. The highest BCUT2D eigenvalue weighted by atomic mass is 15.2. The summed E-state index contributed by atoms with van der Waals surface area (Å²) in [7, 11) is 2.07. The van der Waals surface area contributed by atoms with Crippen LogP contribution < -0.4 is 10.6 Å². The molecule has 0 unspecified atom stereocenters. The van der Waals surface area contributed by atoms with E-state index in [1.807, 2.05) is 18.2 Å². The van der Waals surface area contributed by atoms with Gasteiger partial charge in [0.2, 0.25) is 0 Å². The lowest BCUT2D eigenvalue weighted by molar-refractivity contribution is 0.498. The Morgan fingerprint density at radius 2 is 1.77 bits per heavy atom. The summed E-state index contributed by atoms with van der Waals surface area (Å²) >= 11 is 0. The largest absolute Gasteiger partial charge is 0.368 e. The second-order valence-corrected chi connectivity index (χ2v) is 3.91. The van der Waals surface area contributed by atoms with Crippen LogP contribution in [0.2, 0.25) is 0 Å². The molecule has 0 amide bonds. The zero-order valence-corrected chi connectivity index (χ0v) is 8.62. The van der Waals surface area contributed by atoms with E-state index in [4.69, 9.17) is 5.73 Å². The molecule has 1 aromatic rings. The molecule has 0 saturated carbocycles. The van der Waals surface area contributed by atoms with Crippen molar-refractivity contribution in [1.82, 2.24) is 0 Å². The summed E-state index contributed by atoms with van der Waals surface area (Å²) in [5, 5.41) is 0. The third-order valence-electron chi connectivity index (χ3n) is 2.55. The van der Waals surface area contributed by atoms with Crippen LogP contribution in [0.25, 0.3) is 0 Å². The monoisotopic (exact) mass is 178 g/mol. The van der Waals surface area contributed by atoms with E-state index >= 15 is 0 Å². The van der Waals surface area contributed by atoms with Crippen LogP contribution in [-0.2, 0) is 0 Å². The van der Waals surface area contributed by atoms with Crippen LogP contribution in [0.15, 0.2) is 30.3 Å². The number of likely N-dealkylation sites (N-methyl/N-ethyl adjacent to an activating group) is 1. The lowest BCUT2D eigenvalue weighted by Gasteiger charge is -2.36. The van der Waals surface area contributed by atoms with Crippen LogP contribution in [0.1, 0.15) is 13.8 Å². The second-order valence-electron chi connectivity index (χ2n) is 3.91. The molecule has 2 N–H and O–H groups in total. The van der Waals surface area contributed by atoms with Crippen LogP contribution in [0.4, 0.5) is 5.69 Å². The predicted octanol–water partition coefficient (Wildman–Crippen LogP) is 1.86. The van der Waals surface area contributed by atoms with Gasteiger partial charge in [0.25, 0.3) is 0 Å². The minimum absolute atomic E-state index is 0.0152. The molecule has 2 nitrogen and oxygen atoms in total. The number of rotatable bonds is 3. The molecule has 1 rings (SSSR count). The molecule has 0 spiro atoms. The van der Waals surface area contributed by atoms with Crippen molar-refractivity contribution in [3.63, 3.8) is 0 Å². The Kier molecular flexibility index (Phi) is 2.94. The maximum Gasteiger partial charge on any atom is 0.0464 e. The quantitative estimate of drug-likeness (QED) is 0.765. The highest BCUT2D eigenvalue weighted by Crippen LogP contribution is 2.20. The fourth-order valence-electron chi connectivity index (χ4n) is 1.14. The van der Waals surface area contributed by atoms with E-state index in [2.05, 4.69) is 37.9 Å². The lowest BCUT2D eigenvalue weighted by Crippen LogP contribution is -2.47. The molecule has 0 aliphatic carbocycles. The fraction of sp³-hybridized carbons (Fsp3) is 0.455. The standard InChI is InChI=1S/C11H18N2/c1-11(2,9-12)13(3)10-7-5-4-6-8-10/h4-8H,9,12H2,1-3H3. The van der Waals surface area contributed by atoms with Crippen LogP contribution >= 0.6 is 0 Å². The van der Waals surface area contributed by atoms with Gasteiger partial charge in [-0.1, -0.05) is 18.2 Å². The molecule has 0 aliphatic heterocycles. The van der Waals surface area contributed by atoms with E-state index in [0.29, 0.717) is 6.54 Å². The molecular weight excluding hydrogens is 160 g/mol. The normalized spacial score (nSPS) is 11.4. The van der Waals surface area contributed by atoms with E-state index in [-0.39, 0.29) is 5.54 Å². The summed E-state index contributed by atoms with van der Waals surface area (Å²) in [5.74, 6) is 0.